The van der Waals surface area contributed by atoms with E-state index in [1.165, 1.54) is 14.2 Å². The van der Waals surface area contributed by atoms with Gasteiger partial charge < -0.3 is 19.5 Å². The largest absolute Gasteiger partial charge is 0.469 e. The summed E-state index contributed by atoms with van der Waals surface area (Å²) >= 11 is 5.99. The van der Waals surface area contributed by atoms with E-state index in [-0.39, 0.29) is 13.2 Å². The predicted molar refractivity (Wildman–Crippen MR) is 103 cm³/mol. The molecule has 2 N–H and O–H groups in total. The molecule has 0 unspecified atom stereocenters. The van der Waals surface area contributed by atoms with Crippen LogP contribution in [0.5, 0.6) is 11.5 Å². The number of urea groups is 1. The summed E-state index contributed by atoms with van der Waals surface area (Å²) in [6.45, 7) is 0.0837. The normalized spacial score (nSPS) is 12.5. The van der Waals surface area contributed by atoms with Crippen molar-refractivity contribution in [3.8, 4) is 11.5 Å². The second kappa shape index (κ2) is 8.62. The van der Waals surface area contributed by atoms with Gasteiger partial charge in [-0.2, -0.15) is 5.10 Å². The van der Waals surface area contributed by atoms with E-state index in [1.54, 1.807) is 36.4 Å². The van der Waals surface area contributed by atoms with Gasteiger partial charge in [-0.15, -0.1) is 0 Å². The lowest BCUT2D eigenvalue weighted by molar-refractivity contribution is -0.139. The van der Waals surface area contributed by atoms with Crippen LogP contribution in [-0.2, 0) is 16.0 Å². The first-order valence-corrected chi connectivity index (χ1v) is 8.70. The van der Waals surface area contributed by atoms with Crippen molar-refractivity contribution in [1.82, 2.24) is 10.7 Å². The monoisotopic (exact) mass is 403 g/mol. The highest BCUT2D eigenvalue weighted by atomic mass is 35.5. The molecule has 2 amide bonds. The zero-order valence-electron chi connectivity index (χ0n) is 15.2. The summed E-state index contributed by atoms with van der Waals surface area (Å²) < 4.78 is 15.7. The third-order valence-corrected chi connectivity index (χ3v) is 4.28. The Morgan fingerprint density at radius 1 is 1.18 bits per heavy atom. The molecule has 1 aliphatic heterocycles. The summed E-state index contributed by atoms with van der Waals surface area (Å²) in [4.78, 5) is 23.6. The SMILES string of the molecule is CNC(=O)N/N=C(/c1ccc(Cl)cc1)c1cc2c(cc1CC(=O)OC)OCO2. The van der Waals surface area contributed by atoms with Crippen molar-refractivity contribution in [2.24, 2.45) is 5.10 Å². The number of hydrazone groups is 1. The molecule has 8 nitrogen and oxygen atoms in total. The van der Waals surface area contributed by atoms with E-state index in [0.717, 1.165) is 0 Å². The Hall–Kier alpha value is -3.26. The third kappa shape index (κ3) is 4.34. The Morgan fingerprint density at radius 3 is 2.50 bits per heavy atom. The minimum atomic E-state index is -0.485. The zero-order valence-corrected chi connectivity index (χ0v) is 16.0. The first-order chi connectivity index (χ1) is 13.5. The van der Waals surface area contributed by atoms with Gasteiger partial charge in [0.2, 0.25) is 6.79 Å². The van der Waals surface area contributed by atoms with Crippen LogP contribution in [-0.4, -0.2) is 38.7 Å². The van der Waals surface area contributed by atoms with Crippen LogP contribution in [0.1, 0.15) is 16.7 Å². The summed E-state index contributed by atoms with van der Waals surface area (Å²) in [5.74, 6) is 0.623. The summed E-state index contributed by atoms with van der Waals surface area (Å²) in [5.41, 5.74) is 4.74. The van der Waals surface area contributed by atoms with Crippen LogP contribution >= 0.6 is 11.6 Å². The van der Waals surface area contributed by atoms with E-state index in [9.17, 15) is 9.59 Å². The summed E-state index contributed by atoms with van der Waals surface area (Å²) in [7, 11) is 2.80. The Kier molecular flexibility index (Phi) is 6.00. The fourth-order valence-corrected chi connectivity index (χ4v) is 2.76. The Labute approximate surface area is 166 Å². The molecule has 2 aromatic carbocycles. The Bertz CT molecular complexity index is 928. The lowest BCUT2D eigenvalue weighted by Gasteiger charge is -2.14. The number of nitrogens with one attached hydrogen (secondary N) is 2. The van der Waals surface area contributed by atoms with Crippen molar-refractivity contribution >= 4 is 29.3 Å². The van der Waals surface area contributed by atoms with Gasteiger partial charge in [-0.05, 0) is 29.8 Å². The number of hydrogen-bond donors (Lipinski definition) is 2. The van der Waals surface area contributed by atoms with Crippen molar-refractivity contribution in [3.05, 3.63) is 58.1 Å². The molecule has 0 aromatic heterocycles. The van der Waals surface area contributed by atoms with E-state index in [0.29, 0.717) is 38.9 Å². The van der Waals surface area contributed by atoms with Gasteiger partial charge in [0.05, 0.1) is 19.2 Å². The molecule has 0 radical (unpaired) electrons. The average Bonchev–Trinajstić information content (AvgIpc) is 3.16. The quantitative estimate of drug-likeness (QED) is 0.454. The number of amides is 2. The number of rotatable bonds is 5. The van der Waals surface area contributed by atoms with Crippen LogP contribution in [0.3, 0.4) is 0 Å². The van der Waals surface area contributed by atoms with Crippen molar-refractivity contribution in [2.75, 3.05) is 21.0 Å². The molecular weight excluding hydrogens is 386 g/mol. The van der Waals surface area contributed by atoms with E-state index in [2.05, 4.69) is 15.8 Å². The fourth-order valence-electron chi connectivity index (χ4n) is 2.63. The van der Waals surface area contributed by atoms with E-state index < -0.39 is 12.0 Å². The summed E-state index contributed by atoms with van der Waals surface area (Å²) in [6.07, 6.45) is -0.00490. The molecule has 0 bridgehead atoms. The lowest BCUT2D eigenvalue weighted by atomic mass is 9.95. The molecule has 0 saturated carbocycles. The predicted octanol–water partition coefficient (Wildman–Crippen LogP) is 2.47. The second-order valence-corrected chi connectivity index (χ2v) is 6.21. The minimum absolute atomic E-state index is 0.00490. The number of halogens is 1. The maximum absolute atomic E-state index is 11.9. The standard InChI is InChI=1S/C19H18ClN3O5/c1-21-19(25)23-22-18(11-3-5-13(20)6-4-11)14-9-16-15(27-10-28-16)7-12(14)8-17(24)26-2/h3-7,9H,8,10H2,1-2H3,(H2,21,23,25)/b22-18-. The lowest BCUT2D eigenvalue weighted by Crippen LogP contribution is -2.30. The first kappa shape index (κ1) is 19.5. The number of hydrogen-bond acceptors (Lipinski definition) is 6. The molecule has 1 heterocycles. The van der Waals surface area contributed by atoms with Gasteiger partial charge in [-0.1, -0.05) is 23.7 Å². The number of carbonyl (C=O) groups excluding carboxylic acids is 2. The number of fused-ring (bicyclic) bond motifs is 1. The third-order valence-electron chi connectivity index (χ3n) is 4.03. The van der Waals surface area contributed by atoms with Gasteiger partial charge in [0, 0.05) is 23.2 Å². The highest BCUT2D eigenvalue weighted by Gasteiger charge is 2.22. The fraction of sp³-hybridized carbons (Fsp3) is 0.211. The molecule has 0 aliphatic carbocycles. The van der Waals surface area contributed by atoms with Gasteiger partial charge in [0.15, 0.2) is 11.5 Å². The smallest absolute Gasteiger partial charge is 0.334 e. The highest BCUT2D eigenvalue weighted by Crippen LogP contribution is 2.36. The number of carbonyl (C=O) groups is 2. The van der Waals surface area contributed by atoms with Gasteiger partial charge in [-0.3, -0.25) is 4.79 Å². The summed E-state index contributed by atoms with van der Waals surface area (Å²) in [6, 6.07) is 9.89. The molecule has 146 valence electrons. The molecule has 0 atom stereocenters. The number of ether oxygens (including phenoxy) is 3. The van der Waals surface area contributed by atoms with Crippen LogP contribution in [0.2, 0.25) is 5.02 Å². The van der Waals surface area contributed by atoms with Crippen molar-refractivity contribution in [3.63, 3.8) is 0 Å². The van der Waals surface area contributed by atoms with Gasteiger partial charge in [0.1, 0.15) is 0 Å². The number of esters is 1. The molecule has 0 spiro atoms. The first-order valence-electron chi connectivity index (χ1n) is 8.33. The number of methoxy groups -OCH3 is 1. The van der Waals surface area contributed by atoms with Gasteiger partial charge in [0.25, 0.3) is 0 Å². The molecule has 28 heavy (non-hydrogen) atoms. The van der Waals surface area contributed by atoms with Crippen LogP contribution in [0.15, 0.2) is 41.5 Å². The molecule has 3 rings (SSSR count). The Balaban J connectivity index is 2.13. The molecule has 0 fully saturated rings. The van der Waals surface area contributed by atoms with Crippen LogP contribution in [0, 0.1) is 0 Å². The second-order valence-electron chi connectivity index (χ2n) is 5.77. The molecule has 1 aliphatic rings. The molecular formula is C19H18ClN3O5. The van der Waals surface area contributed by atoms with Gasteiger partial charge in [-0.25, -0.2) is 10.2 Å². The minimum Gasteiger partial charge on any atom is -0.469 e. The van der Waals surface area contributed by atoms with Crippen molar-refractivity contribution < 1.29 is 23.8 Å². The van der Waals surface area contributed by atoms with Crippen molar-refractivity contribution in [1.29, 1.82) is 0 Å². The number of benzene rings is 2. The number of nitrogens with zero attached hydrogens (tertiary/aromatic N) is 1. The van der Waals surface area contributed by atoms with E-state index in [4.69, 9.17) is 25.8 Å². The molecule has 9 heteroatoms. The van der Waals surface area contributed by atoms with Crippen LogP contribution < -0.4 is 20.2 Å². The topological polar surface area (TPSA) is 98.3 Å². The highest BCUT2D eigenvalue weighted by molar-refractivity contribution is 6.30. The summed E-state index contributed by atoms with van der Waals surface area (Å²) in [5, 5.41) is 7.24. The average molecular weight is 404 g/mol. The molecule has 2 aromatic rings. The van der Waals surface area contributed by atoms with E-state index in [1.807, 2.05) is 0 Å². The zero-order chi connectivity index (χ0) is 20.1. The van der Waals surface area contributed by atoms with Gasteiger partial charge >= 0.3 is 12.0 Å². The molecule has 0 saturated heterocycles. The van der Waals surface area contributed by atoms with Crippen LogP contribution in [0.4, 0.5) is 4.79 Å². The van der Waals surface area contributed by atoms with Crippen molar-refractivity contribution in [2.45, 2.75) is 6.42 Å². The maximum atomic E-state index is 11.9. The van der Waals surface area contributed by atoms with Crippen LogP contribution in [0.25, 0.3) is 0 Å². The maximum Gasteiger partial charge on any atom is 0.334 e. The Morgan fingerprint density at radius 2 is 1.86 bits per heavy atom. The van der Waals surface area contributed by atoms with E-state index >= 15 is 0 Å².